The molecular weight excluding hydrogens is 279 g/mol. The number of rotatable bonds is 3. The van der Waals surface area contributed by atoms with Crippen LogP contribution in [-0.4, -0.2) is 37.0 Å². The van der Waals surface area contributed by atoms with E-state index in [1.54, 1.807) is 12.1 Å². The lowest BCUT2D eigenvalue weighted by atomic mass is 9.77. The first-order valence-electron chi connectivity index (χ1n) is 8.33. The molecule has 0 radical (unpaired) electrons. The lowest BCUT2D eigenvalue weighted by Gasteiger charge is -2.39. The van der Waals surface area contributed by atoms with Crippen molar-refractivity contribution < 1.29 is 9.18 Å². The first kappa shape index (κ1) is 15.5. The number of hydrogen-bond donors (Lipinski definition) is 1. The van der Waals surface area contributed by atoms with Crippen LogP contribution in [0.4, 0.5) is 4.39 Å². The summed E-state index contributed by atoms with van der Waals surface area (Å²) in [5, 5.41) is 3.44. The number of nitrogens with one attached hydrogen (secondary N) is 1. The quantitative estimate of drug-likeness (QED) is 0.931. The molecule has 3 rings (SSSR count). The number of nitrogens with zero attached hydrogens (tertiary/aromatic N) is 1. The molecule has 120 valence electrons. The first-order valence-corrected chi connectivity index (χ1v) is 8.33. The summed E-state index contributed by atoms with van der Waals surface area (Å²) in [6.45, 7) is 5.84. The monoisotopic (exact) mass is 304 g/mol. The zero-order chi connectivity index (χ0) is 15.6. The molecule has 4 heteroatoms. The summed E-state index contributed by atoms with van der Waals surface area (Å²) in [6.07, 6.45) is 3.83. The van der Waals surface area contributed by atoms with Gasteiger partial charge in [-0.05, 0) is 48.8 Å². The topological polar surface area (TPSA) is 32.3 Å². The van der Waals surface area contributed by atoms with Crippen molar-refractivity contribution in [3.8, 4) is 0 Å². The minimum absolute atomic E-state index is 0.0715. The third kappa shape index (κ3) is 3.17. The van der Waals surface area contributed by atoms with Gasteiger partial charge in [0.05, 0.1) is 0 Å². The lowest BCUT2D eigenvalue weighted by Crippen LogP contribution is -2.44. The van der Waals surface area contributed by atoms with Crippen LogP contribution in [0.25, 0.3) is 0 Å². The Labute approximate surface area is 131 Å². The number of carbonyl (C=O) groups excluding carboxylic acids is 1. The van der Waals surface area contributed by atoms with Crippen molar-refractivity contribution in [2.45, 2.75) is 38.5 Å². The average molecular weight is 304 g/mol. The zero-order valence-corrected chi connectivity index (χ0v) is 13.3. The fourth-order valence-corrected chi connectivity index (χ4v) is 3.83. The molecule has 1 aromatic rings. The molecule has 2 aliphatic rings. The van der Waals surface area contributed by atoms with Gasteiger partial charge in [-0.1, -0.05) is 25.1 Å². The van der Waals surface area contributed by atoms with Gasteiger partial charge in [0, 0.05) is 26.1 Å². The fraction of sp³-hybridized carbons (Fsp3) is 0.611. The predicted octanol–water partition coefficient (Wildman–Crippen LogP) is 2.92. The van der Waals surface area contributed by atoms with Crippen LogP contribution in [0.5, 0.6) is 0 Å². The predicted molar refractivity (Wildman–Crippen MR) is 85.2 cm³/mol. The molecule has 1 spiro atoms. The summed E-state index contributed by atoms with van der Waals surface area (Å²) in [4.78, 5) is 14.5. The van der Waals surface area contributed by atoms with Crippen molar-refractivity contribution in [1.29, 1.82) is 0 Å². The molecule has 3 nitrogen and oxygen atoms in total. The molecule has 2 aliphatic heterocycles. The third-order valence-corrected chi connectivity index (χ3v) is 5.43. The second-order valence-corrected chi connectivity index (χ2v) is 6.93. The highest BCUT2D eigenvalue weighted by Gasteiger charge is 2.38. The Kier molecular flexibility index (Phi) is 4.48. The van der Waals surface area contributed by atoms with Gasteiger partial charge in [-0.25, -0.2) is 4.39 Å². The fourth-order valence-electron chi connectivity index (χ4n) is 3.83. The number of piperidine rings is 1. The van der Waals surface area contributed by atoms with Gasteiger partial charge >= 0.3 is 0 Å². The molecule has 0 bridgehead atoms. The van der Waals surface area contributed by atoms with Crippen molar-refractivity contribution in [3.63, 3.8) is 0 Å². The summed E-state index contributed by atoms with van der Waals surface area (Å²) in [7, 11) is 0. The number of halogens is 1. The Balaban J connectivity index is 1.55. The van der Waals surface area contributed by atoms with Gasteiger partial charge in [-0.2, -0.15) is 0 Å². The number of amides is 1. The minimum Gasteiger partial charge on any atom is -0.343 e. The first-order chi connectivity index (χ1) is 10.6. The average Bonchev–Trinajstić information content (AvgIpc) is 2.96. The molecule has 22 heavy (non-hydrogen) atoms. The molecule has 0 aliphatic carbocycles. The highest BCUT2D eigenvalue weighted by molar-refractivity contribution is 5.77. The van der Waals surface area contributed by atoms with E-state index < -0.39 is 0 Å². The third-order valence-electron chi connectivity index (χ3n) is 5.43. The Morgan fingerprint density at radius 3 is 2.68 bits per heavy atom. The highest BCUT2D eigenvalue weighted by atomic mass is 19.1. The van der Waals surface area contributed by atoms with Crippen LogP contribution in [0.2, 0.25) is 0 Å². The molecule has 0 saturated carbocycles. The van der Waals surface area contributed by atoms with Crippen LogP contribution < -0.4 is 5.32 Å². The van der Waals surface area contributed by atoms with Gasteiger partial charge in [0.2, 0.25) is 5.91 Å². The summed E-state index contributed by atoms with van der Waals surface area (Å²) in [5.41, 5.74) is 1.07. The molecule has 1 aromatic carbocycles. The molecule has 1 unspecified atom stereocenters. The normalized spacial score (nSPS) is 22.0. The van der Waals surface area contributed by atoms with E-state index in [2.05, 4.69) is 5.32 Å². The van der Waals surface area contributed by atoms with E-state index >= 15 is 0 Å². The van der Waals surface area contributed by atoms with E-state index in [1.165, 1.54) is 12.5 Å². The van der Waals surface area contributed by atoms with E-state index in [1.807, 2.05) is 17.9 Å². The maximum atomic E-state index is 13.8. The molecule has 1 amide bonds. The summed E-state index contributed by atoms with van der Waals surface area (Å²) < 4.78 is 13.8. The van der Waals surface area contributed by atoms with Crippen molar-refractivity contribution in [2.75, 3.05) is 26.2 Å². The van der Waals surface area contributed by atoms with E-state index in [0.717, 1.165) is 39.0 Å². The van der Waals surface area contributed by atoms with E-state index in [9.17, 15) is 9.18 Å². The van der Waals surface area contributed by atoms with Crippen molar-refractivity contribution in [1.82, 2.24) is 10.2 Å². The summed E-state index contributed by atoms with van der Waals surface area (Å²) in [6, 6.07) is 6.76. The largest absolute Gasteiger partial charge is 0.343 e. The Hall–Kier alpha value is -1.42. The Morgan fingerprint density at radius 2 is 2.05 bits per heavy atom. The molecule has 1 atom stereocenters. The minimum atomic E-state index is -0.211. The Morgan fingerprint density at radius 1 is 1.32 bits per heavy atom. The standard InChI is InChI=1S/C18H25FN2O/c1-14(15-4-2-3-5-16(15)19)12-17(22)21-10-7-18(8-11-21)6-9-20-13-18/h2-5,14,20H,6-13H2,1H3. The summed E-state index contributed by atoms with van der Waals surface area (Å²) >= 11 is 0. The van der Waals surface area contributed by atoms with Crippen LogP contribution in [-0.2, 0) is 4.79 Å². The van der Waals surface area contributed by atoms with Crippen LogP contribution in [0, 0.1) is 11.2 Å². The van der Waals surface area contributed by atoms with Gasteiger partial charge in [-0.3, -0.25) is 4.79 Å². The number of benzene rings is 1. The molecule has 2 saturated heterocycles. The summed E-state index contributed by atoms with van der Waals surface area (Å²) in [5.74, 6) is -0.119. The van der Waals surface area contributed by atoms with E-state index in [-0.39, 0.29) is 17.6 Å². The van der Waals surface area contributed by atoms with Gasteiger partial charge < -0.3 is 10.2 Å². The maximum absolute atomic E-state index is 13.8. The highest BCUT2D eigenvalue weighted by Crippen LogP contribution is 2.37. The van der Waals surface area contributed by atoms with Gasteiger partial charge in [0.15, 0.2) is 0 Å². The Bertz CT molecular complexity index is 530. The van der Waals surface area contributed by atoms with E-state index in [0.29, 0.717) is 17.4 Å². The second-order valence-electron chi connectivity index (χ2n) is 6.93. The van der Waals surface area contributed by atoms with Crippen LogP contribution in [0.3, 0.4) is 0 Å². The SMILES string of the molecule is CC(CC(=O)N1CCC2(CCNC2)CC1)c1ccccc1F. The van der Waals surface area contributed by atoms with Gasteiger partial charge in [0.1, 0.15) is 5.82 Å². The van der Waals surface area contributed by atoms with Crippen LogP contribution >= 0.6 is 0 Å². The van der Waals surface area contributed by atoms with Crippen molar-refractivity contribution >= 4 is 5.91 Å². The molecular formula is C18H25FN2O. The molecule has 0 aromatic heterocycles. The van der Waals surface area contributed by atoms with Gasteiger partial charge in [-0.15, -0.1) is 0 Å². The molecule has 1 N–H and O–H groups in total. The van der Waals surface area contributed by atoms with Crippen molar-refractivity contribution in [2.24, 2.45) is 5.41 Å². The van der Waals surface area contributed by atoms with Gasteiger partial charge in [0.25, 0.3) is 0 Å². The molecule has 2 heterocycles. The number of likely N-dealkylation sites (tertiary alicyclic amines) is 1. The second kappa shape index (κ2) is 6.37. The maximum Gasteiger partial charge on any atom is 0.223 e. The smallest absolute Gasteiger partial charge is 0.223 e. The lowest BCUT2D eigenvalue weighted by molar-refractivity contribution is -0.133. The number of hydrogen-bond acceptors (Lipinski definition) is 2. The zero-order valence-electron chi connectivity index (χ0n) is 13.3. The van der Waals surface area contributed by atoms with E-state index in [4.69, 9.17) is 0 Å². The number of carbonyl (C=O) groups is 1. The van der Waals surface area contributed by atoms with Crippen LogP contribution in [0.15, 0.2) is 24.3 Å². The molecule has 2 fully saturated rings. The van der Waals surface area contributed by atoms with Crippen LogP contribution in [0.1, 0.15) is 44.1 Å². The van der Waals surface area contributed by atoms with Crippen molar-refractivity contribution in [3.05, 3.63) is 35.6 Å².